The zero-order valence-corrected chi connectivity index (χ0v) is 22.1. The zero-order valence-electron chi connectivity index (χ0n) is 19.7. The van der Waals surface area contributed by atoms with Crippen LogP contribution in [-0.2, 0) is 14.6 Å². The van der Waals surface area contributed by atoms with Crippen LogP contribution in [0.5, 0.6) is 11.5 Å². The molecule has 3 aromatic rings. The first-order chi connectivity index (χ1) is 17.1. The third-order valence-corrected chi connectivity index (χ3v) is 7.45. The molecular formula is C24H23ClN4O5S2. The van der Waals surface area contributed by atoms with Gasteiger partial charge in [0.05, 0.1) is 10.8 Å². The summed E-state index contributed by atoms with van der Waals surface area (Å²) in [6, 6.07) is 12.6. The number of carbonyl (C=O) groups is 1. The summed E-state index contributed by atoms with van der Waals surface area (Å²) in [6.07, 6.45) is 1.35. The molecule has 0 bridgehead atoms. The number of rotatable bonds is 10. The number of aryl methyl sites for hydroxylation is 2. The Balaban J connectivity index is 1.62. The number of nitriles is 1. The molecule has 0 aliphatic rings. The van der Waals surface area contributed by atoms with Crippen LogP contribution in [0.2, 0.25) is 5.02 Å². The number of aromatic nitrogens is 2. The van der Waals surface area contributed by atoms with Gasteiger partial charge in [-0.05, 0) is 48.7 Å². The summed E-state index contributed by atoms with van der Waals surface area (Å²) in [5.74, 6) is 0.335. The molecule has 0 aliphatic heterocycles. The first-order valence-corrected chi connectivity index (χ1v) is 13.6. The van der Waals surface area contributed by atoms with E-state index in [-0.39, 0.29) is 28.2 Å². The zero-order chi connectivity index (χ0) is 26.3. The van der Waals surface area contributed by atoms with E-state index in [1.54, 1.807) is 18.2 Å². The van der Waals surface area contributed by atoms with E-state index in [9.17, 15) is 18.5 Å². The Bertz CT molecular complexity index is 1420. The minimum absolute atomic E-state index is 0.0296. The Morgan fingerprint density at radius 3 is 2.53 bits per heavy atom. The molecule has 2 aromatic carbocycles. The van der Waals surface area contributed by atoms with Crippen LogP contribution in [-0.4, -0.2) is 42.6 Å². The number of anilines is 1. The molecule has 3 rings (SSSR count). The molecule has 0 spiro atoms. The van der Waals surface area contributed by atoms with Crippen molar-refractivity contribution in [2.75, 3.05) is 24.3 Å². The van der Waals surface area contributed by atoms with Gasteiger partial charge in [-0.25, -0.2) is 8.42 Å². The van der Waals surface area contributed by atoms with E-state index in [0.717, 1.165) is 16.9 Å². The second-order valence-electron chi connectivity index (χ2n) is 7.52. The second kappa shape index (κ2) is 12.0. The summed E-state index contributed by atoms with van der Waals surface area (Å²) >= 11 is 7.03. The molecule has 1 aromatic heterocycles. The number of benzene rings is 2. The molecule has 1 N–H and O–H groups in total. The number of hydrogen-bond acceptors (Lipinski definition) is 9. The number of sulfone groups is 1. The summed E-state index contributed by atoms with van der Waals surface area (Å²) in [7, 11) is -3.60. The molecule has 188 valence electrons. The molecule has 36 heavy (non-hydrogen) atoms. The fraction of sp³-hybridized carbons (Fsp3) is 0.250. The minimum Gasteiger partial charge on any atom is -0.489 e. The lowest BCUT2D eigenvalue weighted by molar-refractivity contribution is -0.112. The van der Waals surface area contributed by atoms with Gasteiger partial charge in [-0.3, -0.25) is 10.1 Å². The maximum atomic E-state index is 12.5. The highest BCUT2D eigenvalue weighted by Gasteiger charge is 2.20. The van der Waals surface area contributed by atoms with Crippen molar-refractivity contribution in [3.8, 4) is 17.6 Å². The van der Waals surface area contributed by atoms with Crippen LogP contribution >= 0.6 is 23.1 Å². The Hall–Kier alpha value is -3.46. The van der Waals surface area contributed by atoms with Gasteiger partial charge >= 0.3 is 0 Å². The topological polar surface area (TPSA) is 131 Å². The van der Waals surface area contributed by atoms with Gasteiger partial charge in [0.2, 0.25) is 15.0 Å². The maximum absolute atomic E-state index is 12.5. The number of ether oxygens (including phenoxy) is 2. The van der Waals surface area contributed by atoms with Crippen LogP contribution in [0.4, 0.5) is 5.13 Å². The molecule has 1 amide bonds. The van der Waals surface area contributed by atoms with Crippen LogP contribution in [0.3, 0.4) is 0 Å². The molecule has 0 fully saturated rings. The van der Waals surface area contributed by atoms with Crippen molar-refractivity contribution in [1.82, 2.24) is 9.36 Å². The normalized spacial score (nSPS) is 11.6. The first-order valence-electron chi connectivity index (χ1n) is 10.8. The average Bonchev–Trinajstić information content (AvgIpc) is 3.32. The lowest BCUT2D eigenvalue weighted by atomic mass is 10.1. The summed E-state index contributed by atoms with van der Waals surface area (Å²) in [5, 5.41) is 11.7. The van der Waals surface area contributed by atoms with Gasteiger partial charge in [-0.15, -0.1) is 0 Å². The molecule has 0 radical (unpaired) electrons. The summed E-state index contributed by atoms with van der Waals surface area (Å²) in [4.78, 5) is 16.3. The molecular weight excluding hydrogens is 524 g/mol. The minimum atomic E-state index is -3.60. The van der Waals surface area contributed by atoms with Crippen molar-refractivity contribution >= 4 is 50.1 Å². The van der Waals surface area contributed by atoms with E-state index in [1.165, 1.54) is 13.0 Å². The van der Waals surface area contributed by atoms with Crippen LogP contribution in [0.1, 0.15) is 23.6 Å². The van der Waals surface area contributed by atoms with Gasteiger partial charge in [0.1, 0.15) is 36.4 Å². The third-order valence-electron chi connectivity index (χ3n) is 4.91. The number of halogens is 1. The Morgan fingerprint density at radius 1 is 1.19 bits per heavy atom. The molecule has 0 saturated heterocycles. The van der Waals surface area contributed by atoms with Crippen molar-refractivity contribution in [2.45, 2.75) is 25.9 Å². The highest BCUT2D eigenvalue weighted by Crippen LogP contribution is 2.27. The second-order valence-corrected chi connectivity index (χ2v) is 10.8. The van der Waals surface area contributed by atoms with Crippen molar-refractivity contribution in [2.24, 2.45) is 0 Å². The van der Waals surface area contributed by atoms with Crippen LogP contribution in [0.25, 0.3) is 6.08 Å². The third kappa shape index (κ3) is 6.81. The predicted octanol–water partition coefficient (Wildman–Crippen LogP) is 4.61. The van der Waals surface area contributed by atoms with Crippen LogP contribution in [0.15, 0.2) is 47.1 Å². The van der Waals surface area contributed by atoms with Gasteiger partial charge < -0.3 is 9.47 Å². The van der Waals surface area contributed by atoms with Crippen LogP contribution in [0, 0.1) is 25.2 Å². The van der Waals surface area contributed by atoms with E-state index in [0.29, 0.717) is 34.5 Å². The van der Waals surface area contributed by atoms with Gasteiger partial charge in [-0.1, -0.05) is 42.8 Å². The lowest BCUT2D eigenvalue weighted by Gasteiger charge is -2.13. The van der Waals surface area contributed by atoms with E-state index in [2.05, 4.69) is 14.7 Å². The standard InChI is InChI=1S/C24H23ClN4O5S2/c1-4-36(31,32)24-28-23(35-29-24)27-22(30)18(14-26)12-17-8-9-20(19(25)13-17)33-10-11-34-21-15(2)6-5-7-16(21)3/h5-9,12-13H,4,10-11H2,1-3H3,(H,27,28,29,30). The molecule has 0 unspecified atom stereocenters. The maximum Gasteiger partial charge on any atom is 0.268 e. The number of hydrogen-bond donors (Lipinski definition) is 1. The van der Waals surface area contributed by atoms with Gasteiger partial charge in [-0.2, -0.15) is 14.6 Å². The fourth-order valence-electron chi connectivity index (χ4n) is 3.04. The summed E-state index contributed by atoms with van der Waals surface area (Å²) < 4.78 is 39.0. The highest BCUT2D eigenvalue weighted by molar-refractivity contribution is 7.91. The first kappa shape index (κ1) is 27.1. The van der Waals surface area contributed by atoms with Gasteiger partial charge in [0.25, 0.3) is 11.1 Å². The average molecular weight is 547 g/mol. The Morgan fingerprint density at radius 2 is 1.89 bits per heavy atom. The number of nitrogens with zero attached hydrogens (tertiary/aromatic N) is 3. The quantitative estimate of drug-likeness (QED) is 0.221. The molecule has 0 saturated carbocycles. The molecule has 1 heterocycles. The number of amides is 1. The van der Waals surface area contributed by atoms with E-state index in [4.69, 9.17) is 21.1 Å². The predicted molar refractivity (Wildman–Crippen MR) is 138 cm³/mol. The van der Waals surface area contributed by atoms with E-state index >= 15 is 0 Å². The SMILES string of the molecule is CCS(=O)(=O)c1nsc(NC(=O)C(C#N)=Cc2ccc(OCCOc3c(C)cccc3C)c(Cl)c2)n1. The van der Waals surface area contributed by atoms with Gasteiger partial charge in [0, 0.05) is 11.5 Å². The van der Waals surface area contributed by atoms with Crippen molar-refractivity contribution in [3.05, 3.63) is 63.7 Å². The van der Waals surface area contributed by atoms with Gasteiger partial charge in [0.15, 0.2) is 0 Å². The monoisotopic (exact) mass is 546 g/mol. The molecule has 9 nitrogen and oxygen atoms in total. The summed E-state index contributed by atoms with van der Waals surface area (Å²) in [6.45, 7) is 6.02. The summed E-state index contributed by atoms with van der Waals surface area (Å²) in [5.41, 5.74) is 2.35. The molecule has 0 aliphatic carbocycles. The molecule has 0 atom stereocenters. The van der Waals surface area contributed by atoms with E-state index < -0.39 is 15.7 Å². The van der Waals surface area contributed by atoms with Crippen molar-refractivity contribution < 1.29 is 22.7 Å². The van der Waals surface area contributed by atoms with E-state index in [1.807, 2.05) is 38.1 Å². The largest absolute Gasteiger partial charge is 0.489 e. The van der Waals surface area contributed by atoms with Crippen LogP contribution < -0.4 is 14.8 Å². The Labute approximate surface area is 218 Å². The van der Waals surface area contributed by atoms with Crippen molar-refractivity contribution in [1.29, 1.82) is 5.26 Å². The fourth-order valence-corrected chi connectivity index (χ4v) is 4.87. The number of nitrogens with one attached hydrogen (secondary N) is 1. The lowest BCUT2D eigenvalue weighted by Crippen LogP contribution is -2.13. The number of carbonyl (C=O) groups excluding carboxylic acids is 1. The van der Waals surface area contributed by atoms with Crippen molar-refractivity contribution in [3.63, 3.8) is 0 Å². The smallest absolute Gasteiger partial charge is 0.268 e. The molecule has 12 heteroatoms. The Kier molecular flexibility index (Phi) is 9.03. The highest BCUT2D eigenvalue weighted by atomic mass is 35.5. The number of para-hydroxylation sites is 1.